The third-order valence-electron chi connectivity index (χ3n) is 3.94. The lowest BCUT2D eigenvalue weighted by Gasteiger charge is -2.19. The fraction of sp³-hybridized carbons (Fsp3) is 0.167. The number of aryl methyl sites for hydroxylation is 1. The van der Waals surface area contributed by atoms with Gasteiger partial charge in [-0.1, -0.05) is 39.8 Å². The third kappa shape index (κ3) is 3.77. The van der Waals surface area contributed by atoms with Crippen molar-refractivity contribution in [1.29, 1.82) is 0 Å². The highest BCUT2D eigenvalue weighted by Crippen LogP contribution is 2.30. The van der Waals surface area contributed by atoms with Gasteiger partial charge in [0.2, 0.25) is 5.91 Å². The van der Waals surface area contributed by atoms with Crippen molar-refractivity contribution in [2.45, 2.75) is 13.8 Å². The zero-order valence-corrected chi connectivity index (χ0v) is 16.1. The molecule has 0 spiro atoms. The van der Waals surface area contributed by atoms with Crippen molar-refractivity contribution in [1.82, 2.24) is 5.43 Å². The van der Waals surface area contributed by atoms with Crippen LogP contribution < -0.4 is 10.3 Å². The van der Waals surface area contributed by atoms with Crippen LogP contribution in [0.1, 0.15) is 21.5 Å². The molecule has 0 atom stereocenters. The van der Waals surface area contributed by atoms with Gasteiger partial charge in [-0.05, 0) is 55.3 Å². The third-order valence-corrected chi connectivity index (χ3v) is 5.39. The number of hydrogen-bond donors (Lipinski definition) is 1. The van der Waals surface area contributed by atoms with E-state index < -0.39 is 0 Å². The summed E-state index contributed by atoms with van der Waals surface area (Å²) in [6, 6.07) is 12.8. The molecule has 0 aliphatic carbocycles. The maximum absolute atomic E-state index is 12.3. The molecule has 7 heteroatoms. The fourth-order valence-electron chi connectivity index (χ4n) is 2.42. The Morgan fingerprint density at radius 3 is 2.64 bits per heavy atom. The predicted octanol–water partition coefficient (Wildman–Crippen LogP) is 3.85. The number of carbonyl (C=O) groups is 2. The van der Waals surface area contributed by atoms with Crippen molar-refractivity contribution in [2.24, 2.45) is 5.10 Å². The molecule has 2 amide bonds. The summed E-state index contributed by atoms with van der Waals surface area (Å²) in [5, 5.41) is 4.65. The quantitative estimate of drug-likeness (QED) is 0.771. The van der Waals surface area contributed by atoms with E-state index in [1.807, 2.05) is 32.0 Å². The van der Waals surface area contributed by atoms with E-state index in [2.05, 4.69) is 26.5 Å². The molecule has 5 nitrogen and oxygen atoms in total. The number of nitrogens with zero attached hydrogens (tertiary/aromatic N) is 2. The number of amidine groups is 1. The monoisotopic (exact) mass is 417 g/mol. The Morgan fingerprint density at radius 2 is 1.92 bits per heavy atom. The number of amides is 2. The number of rotatable bonds is 3. The lowest BCUT2D eigenvalue weighted by molar-refractivity contribution is -0.115. The van der Waals surface area contributed by atoms with Gasteiger partial charge in [0.1, 0.15) is 0 Å². The van der Waals surface area contributed by atoms with Crippen LogP contribution in [0.4, 0.5) is 5.69 Å². The Bertz CT molecular complexity index is 865. The summed E-state index contributed by atoms with van der Waals surface area (Å²) < 4.78 is 0.897. The van der Waals surface area contributed by atoms with Crippen LogP contribution in [-0.2, 0) is 4.79 Å². The Balaban J connectivity index is 1.84. The van der Waals surface area contributed by atoms with Gasteiger partial charge in [-0.25, -0.2) is 5.43 Å². The Kier molecular flexibility index (Phi) is 5.24. The molecular weight excluding hydrogens is 402 g/mol. The van der Waals surface area contributed by atoms with E-state index in [0.717, 1.165) is 21.3 Å². The molecule has 0 aromatic heterocycles. The van der Waals surface area contributed by atoms with E-state index in [1.54, 1.807) is 29.2 Å². The van der Waals surface area contributed by atoms with Gasteiger partial charge < -0.3 is 0 Å². The van der Waals surface area contributed by atoms with Gasteiger partial charge in [0.15, 0.2) is 5.17 Å². The Hall–Kier alpha value is -2.12. The van der Waals surface area contributed by atoms with Crippen molar-refractivity contribution in [3.8, 4) is 0 Å². The zero-order valence-electron chi connectivity index (χ0n) is 13.7. The SMILES string of the molecule is Cc1cccc(N2C(=O)CS/C2=N/NC(=O)c2ccc(Br)cc2)c1C. The van der Waals surface area contributed by atoms with Crippen LogP contribution in [0.25, 0.3) is 0 Å². The van der Waals surface area contributed by atoms with Gasteiger partial charge in [0.05, 0.1) is 11.4 Å². The molecule has 1 heterocycles. The lowest BCUT2D eigenvalue weighted by atomic mass is 10.1. The number of anilines is 1. The van der Waals surface area contributed by atoms with E-state index in [-0.39, 0.29) is 11.8 Å². The van der Waals surface area contributed by atoms with Crippen molar-refractivity contribution in [3.63, 3.8) is 0 Å². The lowest BCUT2D eigenvalue weighted by Crippen LogP contribution is -2.32. The topological polar surface area (TPSA) is 61.8 Å². The summed E-state index contributed by atoms with van der Waals surface area (Å²) in [6.07, 6.45) is 0. The van der Waals surface area contributed by atoms with Crippen LogP contribution in [0.15, 0.2) is 52.0 Å². The molecule has 2 aromatic carbocycles. The summed E-state index contributed by atoms with van der Waals surface area (Å²) >= 11 is 4.65. The van der Waals surface area contributed by atoms with Gasteiger partial charge in [-0.3, -0.25) is 14.5 Å². The second-order valence-corrected chi connectivity index (χ2v) is 7.44. The molecule has 3 rings (SSSR count). The average Bonchev–Trinajstić information content (AvgIpc) is 2.96. The number of thioether (sulfide) groups is 1. The Labute approximate surface area is 158 Å². The summed E-state index contributed by atoms with van der Waals surface area (Å²) in [4.78, 5) is 26.1. The van der Waals surface area contributed by atoms with Gasteiger partial charge in [-0.2, -0.15) is 0 Å². The standard InChI is InChI=1S/C18H16BrN3O2S/c1-11-4-3-5-15(12(11)2)22-16(23)10-25-18(22)21-20-17(24)13-6-8-14(19)9-7-13/h3-9H,10H2,1-2H3,(H,20,24)/b21-18+. The van der Waals surface area contributed by atoms with Crippen molar-refractivity contribution in [2.75, 3.05) is 10.7 Å². The maximum atomic E-state index is 12.3. The average molecular weight is 418 g/mol. The highest BCUT2D eigenvalue weighted by Gasteiger charge is 2.31. The first-order valence-corrected chi connectivity index (χ1v) is 9.41. The minimum absolute atomic E-state index is 0.0460. The molecule has 0 saturated carbocycles. The van der Waals surface area contributed by atoms with Crippen LogP contribution in [0.3, 0.4) is 0 Å². The molecule has 1 aliphatic heterocycles. The number of carbonyl (C=O) groups excluding carboxylic acids is 2. The summed E-state index contributed by atoms with van der Waals surface area (Å²) in [6.45, 7) is 3.97. The van der Waals surface area contributed by atoms with Crippen molar-refractivity contribution >= 4 is 50.4 Å². The minimum atomic E-state index is -0.319. The Morgan fingerprint density at radius 1 is 1.20 bits per heavy atom. The highest BCUT2D eigenvalue weighted by atomic mass is 79.9. The molecule has 0 radical (unpaired) electrons. The van der Waals surface area contributed by atoms with Crippen LogP contribution >= 0.6 is 27.7 Å². The largest absolute Gasteiger partial charge is 0.273 e. The number of benzene rings is 2. The van der Waals surface area contributed by atoms with Gasteiger partial charge in [-0.15, -0.1) is 5.10 Å². The molecule has 1 N–H and O–H groups in total. The zero-order chi connectivity index (χ0) is 18.0. The van der Waals surface area contributed by atoms with Crippen LogP contribution in [-0.4, -0.2) is 22.7 Å². The molecule has 0 bridgehead atoms. The number of hydrogen-bond acceptors (Lipinski definition) is 4. The summed E-state index contributed by atoms with van der Waals surface area (Å²) in [5.74, 6) is -0.0587. The minimum Gasteiger partial charge on any atom is -0.273 e. The summed E-state index contributed by atoms with van der Waals surface area (Å²) in [5.41, 5.74) is 5.95. The normalized spacial score (nSPS) is 15.7. The number of halogens is 1. The van der Waals surface area contributed by atoms with E-state index in [4.69, 9.17) is 0 Å². The predicted molar refractivity (Wildman–Crippen MR) is 105 cm³/mol. The number of hydrazone groups is 1. The molecule has 0 unspecified atom stereocenters. The first-order chi connectivity index (χ1) is 12.0. The van der Waals surface area contributed by atoms with E-state index in [0.29, 0.717) is 16.5 Å². The fourth-order valence-corrected chi connectivity index (χ4v) is 3.51. The molecule has 128 valence electrons. The van der Waals surface area contributed by atoms with Crippen LogP contribution in [0.5, 0.6) is 0 Å². The second-order valence-electron chi connectivity index (χ2n) is 5.58. The molecule has 1 saturated heterocycles. The van der Waals surface area contributed by atoms with Gasteiger partial charge in [0, 0.05) is 10.0 Å². The smallest absolute Gasteiger partial charge is 0.271 e. The van der Waals surface area contributed by atoms with Crippen LogP contribution in [0, 0.1) is 13.8 Å². The van der Waals surface area contributed by atoms with Crippen molar-refractivity contribution in [3.05, 3.63) is 63.6 Å². The van der Waals surface area contributed by atoms with E-state index >= 15 is 0 Å². The molecule has 1 fully saturated rings. The maximum Gasteiger partial charge on any atom is 0.271 e. The first kappa shape index (κ1) is 17.7. The first-order valence-electron chi connectivity index (χ1n) is 7.63. The molecular formula is C18H16BrN3O2S. The van der Waals surface area contributed by atoms with Gasteiger partial charge >= 0.3 is 0 Å². The van der Waals surface area contributed by atoms with Crippen molar-refractivity contribution < 1.29 is 9.59 Å². The second kappa shape index (κ2) is 7.41. The molecule has 25 heavy (non-hydrogen) atoms. The highest BCUT2D eigenvalue weighted by molar-refractivity contribution is 9.10. The summed E-state index contributed by atoms with van der Waals surface area (Å²) in [7, 11) is 0. The number of nitrogens with one attached hydrogen (secondary N) is 1. The van der Waals surface area contributed by atoms with E-state index in [1.165, 1.54) is 11.8 Å². The molecule has 1 aliphatic rings. The van der Waals surface area contributed by atoms with Crippen LogP contribution in [0.2, 0.25) is 0 Å². The molecule has 2 aromatic rings. The van der Waals surface area contributed by atoms with E-state index in [9.17, 15) is 9.59 Å². The van der Waals surface area contributed by atoms with Gasteiger partial charge in [0.25, 0.3) is 5.91 Å².